The third kappa shape index (κ3) is 3.32. The summed E-state index contributed by atoms with van der Waals surface area (Å²) < 4.78 is 0. The Bertz CT molecular complexity index is 453. The molecule has 1 aliphatic carbocycles. The van der Waals surface area contributed by atoms with Gasteiger partial charge >= 0.3 is 0 Å². The molecule has 96 valence electrons. The Labute approximate surface area is 107 Å². The fourth-order valence-corrected chi connectivity index (χ4v) is 1.92. The molecule has 18 heavy (non-hydrogen) atoms. The lowest BCUT2D eigenvalue weighted by molar-refractivity contribution is -0.122. The summed E-state index contributed by atoms with van der Waals surface area (Å²) in [5.74, 6) is 0.808. The Balaban J connectivity index is 1.82. The molecule has 0 bridgehead atoms. The fraction of sp³-hybridized carbons (Fsp3) is 0.429. The molecule has 4 heteroatoms. The number of carbonyl (C=O) groups excluding carboxylic acids is 2. The van der Waals surface area contributed by atoms with Crippen LogP contribution in [0.15, 0.2) is 24.3 Å². The molecule has 0 spiro atoms. The minimum absolute atomic E-state index is 0.0845. The zero-order valence-corrected chi connectivity index (χ0v) is 10.7. The molecule has 1 saturated carbocycles. The van der Waals surface area contributed by atoms with Crippen molar-refractivity contribution in [3.8, 4) is 0 Å². The number of rotatable bonds is 4. The maximum atomic E-state index is 11.6. The lowest BCUT2D eigenvalue weighted by Gasteiger charge is -2.06. The average molecular weight is 246 g/mol. The van der Waals surface area contributed by atoms with Gasteiger partial charge in [-0.3, -0.25) is 9.59 Å². The monoisotopic (exact) mass is 246 g/mol. The van der Waals surface area contributed by atoms with Gasteiger partial charge in [0.1, 0.15) is 0 Å². The summed E-state index contributed by atoms with van der Waals surface area (Å²) in [5, 5.41) is 5.63. The SMILES string of the molecule is CC(=O)Nc1ccc(CNC(=O)[C@@H]2C[C@H]2C)cc1. The topological polar surface area (TPSA) is 58.2 Å². The normalized spacial score (nSPS) is 21.2. The molecule has 0 aromatic heterocycles. The second-order valence-corrected chi connectivity index (χ2v) is 4.92. The summed E-state index contributed by atoms with van der Waals surface area (Å²) in [6.45, 7) is 4.11. The molecule has 2 N–H and O–H groups in total. The van der Waals surface area contributed by atoms with E-state index in [9.17, 15) is 9.59 Å². The number of amides is 2. The summed E-state index contributed by atoms with van der Waals surface area (Å²) in [6.07, 6.45) is 1.01. The Morgan fingerprint density at radius 2 is 1.89 bits per heavy atom. The van der Waals surface area contributed by atoms with Crippen LogP contribution in [0.25, 0.3) is 0 Å². The van der Waals surface area contributed by atoms with Crippen LogP contribution in [0.3, 0.4) is 0 Å². The van der Waals surface area contributed by atoms with Crippen molar-refractivity contribution < 1.29 is 9.59 Å². The largest absolute Gasteiger partial charge is 0.352 e. The van der Waals surface area contributed by atoms with Gasteiger partial charge in [-0.2, -0.15) is 0 Å². The molecule has 1 aromatic rings. The highest BCUT2D eigenvalue weighted by atomic mass is 16.2. The van der Waals surface area contributed by atoms with E-state index >= 15 is 0 Å². The Kier molecular flexibility index (Phi) is 3.65. The quantitative estimate of drug-likeness (QED) is 0.852. The van der Waals surface area contributed by atoms with Gasteiger partial charge in [0.25, 0.3) is 0 Å². The van der Waals surface area contributed by atoms with Gasteiger partial charge in [-0.15, -0.1) is 0 Å². The highest BCUT2D eigenvalue weighted by molar-refractivity contribution is 5.88. The molecule has 4 nitrogen and oxygen atoms in total. The van der Waals surface area contributed by atoms with Gasteiger partial charge in [0, 0.05) is 25.1 Å². The van der Waals surface area contributed by atoms with E-state index in [1.807, 2.05) is 24.3 Å². The van der Waals surface area contributed by atoms with E-state index in [1.165, 1.54) is 6.92 Å². The van der Waals surface area contributed by atoms with Crippen molar-refractivity contribution in [1.29, 1.82) is 0 Å². The molecule has 1 fully saturated rings. The fourth-order valence-electron chi connectivity index (χ4n) is 1.92. The van der Waals surface area contributed by atoms with Crippen LogP contribution in [-0.2, 0) is 16.1 Å². The van der Waals surface area contributed by atoms with Crippen molar-refractivity contribution >= 4 is 17.5 Å². The Hall–Kier alpha value is -1.84. The molecule has 0 heterocycles. The molecular formula is C14H18N2O2. The summed E-state index contributed by atoms with van der Waals surface area (Å²) in [6, 6.07) is 7.48. The number of anilines is 1. The van der Waals surface area contributed by atoms with Crippen LogP contribution in [0, 0.1) is 11.8 Å². The second kappa shape index (κ2) is 5.21. The third-order valence-corrected chi connectivity index (χ3v) is 3.19. The molecule has 0 aliphatic heterocycles. The van der Waals surface area contributed by atoms with Crippen molar-refractivity contribution in [3.05, 3.63) is 29.8 Å². The molecule has 2 atom stereocenters. The smallest absolute Gasteiger partial charge is 0.223 e. The molecule has 2 rings (SSSR count). The second-order valence-electron chi connectivity index (χ2n) is 4.92. The summed E-state index contributed by atoms with van der Waals surface area (Å²) in [5.41, 5.74) is 1.80. The van der Waals surface area contributed by atoms with E-state index in [-0.39, 0.29) is 17.7 Å². The van der Waals surface area contributed by atoms with Crippen molar-refractivity contribution in [3.63, 3.8) is 0 Å². The molecule has 0 unspecified atom stereocenters. The summed E-state index contributed by atoms with van der Waals surface area (Å²) >= 11 is 0. The van der Waals surface area contributed by atoms with Crippen LogP contribution >= 0.6 is 0 Å². The van der Waals surface area contributed by atoms with E-state index in [1.54, 1.807) is 0 Å². The van der Waals surface area contributed by atoms with Gasteiger partial charge in [0.05, 0.1) is 0 Å². The number of hydrogen-bond acceptors (Lipinski definition) is 2. The standard InChI is InChI=1S/C14H18N2O2/c1-9-7-13(9)14(18)15-8-11-3-5-12(6-4-11)16-10(2)17/h3-6,9,13H,7-8H2,1-2H3,(H,15,18)(H,16,17)/t9-,13-/m1/s1. The van der Waals surface area contributed by atoms with Gasteiger partial charge in [0.15, 0.2) is 0 Å². The van der Waals surface area contributed by atoms with Crippen molar-refractivity contribution in [2.24, 2.45) is 11.8 Å². The van der Waals surface area contributed by atoms with Crippen LogP contribution < -0.4 is 10.6 Å². The molecule has 1 aromatic carbocycles. The van der Waals surface area contributed by atoms with Gasteiger partial charge < -0.3 is 10.6 Å². The van der Waals surface area contributed by atoms with E-state index in [0.717, 1.165) is 17.7 Å². The van der Waals surface area contributed by atoms with Crippen molar-refractivity contribution in [2.45, 2.75) is 26.8 Å². The first-order valence-corrected chi connectivity index (χ1v) is 6.20. The van der Waals surface area contributed by atoms with Gasteiger partial charge in [-0.25, -0.2) is 0 Å². The average Bonchev–Trinajstić information content (AvgIpc) is 3.04. The van der Waals surface area contributed by atoms with Gasteiger partial charge in [0.2, 0.25) is 11.8 Å². The molecule has 0 saturated heterocycles. The molecule has 2 amide bonds. The van der Waals surface area contributed by atoms with Crippen molar-refractivity contribution in [2.75, 3.05) is 5.32 Å². The maximum absolute atomic E-state index is 11.6. The molecular weight excluding hydrogens is 228 g/mol. The summed E-state index contributed by atoms with van der Waals surface area (Å²) in [7, 11) is 0. The predicted molar refractivity (Wildman–Crippen MR) is 69.9 cm³/mol. The minimum Gasteiger partial charge on any atom is -0.352 e. The van der Waals surface area contributed by atoms with Crippen LogP contribution in [0.4, 0.5) is 5.69 Å². The first-order chi connectivity index (χ1) is 8.56. The van der Waals surface area contributed by atoms with Gasteiger partial charge in [-0.1, -0.05) is 19.1 Å². The lowest BCUT2D eigenvalue weighted by atomic mass is 10.2. The zero-order valence-electron chi connectivity index (χ0n) is 10.7. The van der Waals surface area contributed by atoms with E-state index in [0.29, 0.717) is 12.5 Å². The van der Waals surface area contributed by atoms with Crippen LogP contribution in [-0.4, -0.2) is 11.8 Å². The number of carbonyl (C=O) groups is 2. The van der Waals surface area contributed by atoms with Gasteiger partial charge in [-0.05, 0) is 30.0 Å². The number of benzene rings is 1. The Morgan fingerprint density at radius 1 is 1.28 bits per heavy atom. The van der Waals surface area contributed by atoms with Crippen molar-refractivity contribution in [1.82, 2.24) is 5.32 Å². The first-order valence-electron chi connectivity index (χ1n) is 6.20. The van der Waals surface area contributed by atoms with Crippen LogP contribution in [0.5, 0.6) is 0 Å². The first kappa shape index (κ1) is 12.6. The molecule has 1 aliphatic rings. The lowest BCUT2D eigenvalue weighted by Crippen LogP contribution is -2.24. The highest BCUT2D eigenvalue weighted by Gasteiger charge is 2.38. The number of nitrogens with one attached hydrogen (secondary N) is 2. The predicted octanol–water partition coefficient (Wildman–Crippen LogP) is 1.92. The number of hydrogen-bond donors (Lipinski definition) is 2. The highest BCUT2D eigenvalue weighted by Crippen LogP contribution is 2.37. The minimum atomic E-state index is -0.0845. The third-order valence-electron chi connectivity index (χ3n) is 3.19. The van der Waals surface area contributed by atoms with E-state index in [4.69, 9.17) is 0 Å². The maximum Gasteiger partial charge on any atom is 0.223 e. The summed E-state index contributed by atoms with van der Waals surface area (Å²) in [4.78, 5) is 22.5. The Morgan fingerprint density at radius 3 is 2.39 bits per heavy atom. The van der Waals surface area contributed by atoms with E-state index in [2.05, 4.69) is 17.6 Å². The van der Waals surface area contributed by atoms with Crippen LogP contribution in [0.1, 0.15) is 25.8 Å². The van der Waals surface area contributed by atoms with E-state index < -0.39 is 0 Å². The van der Waals surface area contributed by atoms with Crippen LogP contribution in [0.2, 0.25) is 0 Å². The molecule has 0 radical (unpaired) electrons. The zero-order chi connectivity index (χ0) is 13.1.